The zero-order chi connectivity index (χ0) is 14.5. The van der Waals surface area contributed by atoms with Crippen molar-refractivity contribution in [3.05, 3.63) is 27.2 Å². The zero-order valence-corrected chi connectivity index (χ0v) is 14.0. The molecule has 0 fully saturated rings. The molecule has 0 saturated carbocycles. The van der Waals surface area contributed by atoms with E-state index < -0.39 is 0 Å². The Morgan fingerprint density at radius 3 is 2.80 bits per heavy atom. The molecular weight excluding hydrogens is 369 g/mol. The van der Waals surface area contributed by atoms with Crippen LogP contribution in [-0.2, 0) is 11.3 Å². The molecule has 6 heteroatoms. The summed E-state index contributed by atoms with van der Waals surface area (Å²) in [5.74, 6) is 2.14. The zero-order valence-electron chi connectivity index (χ0n) is 11.9. The van der Waals surface area contributed by atoms with Crippen LogP contribution in [0.2, 0.25) is 0 Å². The fourth-order valence-corrected chi connectivity index (χ4v) is 2.38. The van der Waals surface area contributed by atoms with Crippen molar-refractivity contribution in [1.29, 1.82) is 0 Å². The van der Waals surface area contributed by atoms with Crippen molar-refractivity contribution in [3.8, 4) is 11.6 Å². The first-order valence-electron chi connectivity index (χ1n) is 6.51. The Labute approximate surface area is 132 Å². The van der Waals surface area contributed by atoms with E-state index in [0.29, 0.717) is 18.2 Å². The van der Waals surface area contributed by atoms with Gasteiger partial charge in [0, 0.05) is 13.7 Å². The van der Waals surface area contributed by atoms with Gasteiger partial charge in [-0.15, -0.1) is 0 Å². The van der Waals surface area contributed by atoms with Crippen LogP contribution in [0.5, 0.6) is 0 Å². The Kier molecular flexibility index (Phi) is 5.36. The molecule has 5 nitrogen and oxygen atoms in total. The number of nitrogens with zero attached hydrogens (tertiary/aromatic N) is 2. The second-order valence-corrected chi connectivity index (χ2v) is 5.53. The van der Waals surface area contributed by atoms with Crippen molar-refractivity contribution in [2.45, 2.75) is 26.9 Å². The summed E-state index contributed by atoms with van der Waals surface area (Å²) in [5.41, 5.74) is 1.89. The molecule has 0 bridgehead atoms. The first kappa shape index (κ1) is 15.2. The van der Waals surface area contributed by atoms with Crippen LogP contribution >= 0.6 is 22.6 Å². The topological polar surface area (TPSA) is 60.2 Å². The van der Waals surface area contributed by atoms with Crippen molar-refractivity contribution in [1.82, 2.24) is 9.97 Å². The molecule has 1 N–H and O–H groups in total. The van der Waals surface area contributed by atoms with Gasteiger partial charge in [0.15, 0.2) is 11.6 Å². The van der Waals surface area contributed by atoms with E-state index in [2.05, 4.69) is 44.8 Å². The van der Waals surface area contributed by atoms with Gasteiger partial charge in [0.1, 0.15) is 5.82 Å². The maximum Gasteiger partial charge on any atom is 0.198 e. The average molecular weight is 387 g/mol. The Hall–Kier alpha value is -1.15. The van der Waals surface area contributed by atoms with Gasteiger partial charge >= 0.3 is 0 Å². The Morgan fingerprint density at radius 1 is 1.40 bits per heavy atom. The number of rotatable bonds is 6. The van der Waals surface area contributed by atoms with E-state index in [-0.39, 0.29) is 0 Å². The fraction of sp³-hybridized carbons (Fsp3) is 0.429. The van der Waals surface area contributed by atoms with E-state index in [1.54, 1.807) is 13.4 Å². The van der Waals surface area contributed by atoms with Crippen LogP contribution in [-0.4, -0.2) is 23.6 Å². The van der Waals surface area contributed by atoms with Gasteiger partial charge in [-0.25, -0.2) is 9.97 Å². The lowest BCUT2D eigenvalue weighted by Crippen LogP contribution is -2.09. The normalized spacial score (nSPS) is 10.8. The minimum Gasteiger partial charge on any atom is -0.461 e. The number of ether oxygens (including phenoxy) is 1. The second kappa shape index (κ2) is 7.03. The van der Waals surface area contributed by atoms with Crippen molar-refractivity contribution < 1.29 is 9.15 Å². The van der Waals surface area contributed by atoms with E-state index in [1.807, 2.05) is 13.0 Å². The molecule has 0 radical (unpaired) electrons. The van der Waals surface area contributed by atoms with Gasteiger partial charge in [0.25, 0.3) is 0 Å². The smallest absolute Gasteiger partial charge is 0.198 e. The Balaban J connectivity index is 2.46. The van der Waals surface area contributed by atoms with Crippen LogP contribution in [0.15, 0.2) is 16.7 Å². The lowest BCUT2D eigenvalue weighted by molar-refractivity contribution is 0.181. The fourth-order valence-electron chi connectivity index (χ4n) is 1.79. The first-order chi connectivity index (χ1) is 9.67. The summed E-state index contributed by atoms with van der Waals surface area (Å²) in [7, 11) is 1.66. The van der Waals surface area contributed by atoms with Gasteiger partial charge in [-0.05, 0) is 47.6 Å². The summed E-state index contributed by atoms with van der Waals surface area (Å²) in [4.78, 5) is 9.13. The van der Waals surface area contributed by atoms with Crippen LogP contribution in [0.4, 0.5) is 5.82 Å². The molecule has 0 saturated heterocycles. The molecule has 0 aliphatic heterocycles. The molecule has 0 atom stereocenters. The lowest BCUT2D eigenvalue weighted by atomic mass is 10.2. The number of methoxy groups -OCH3 is 1. The molecule has 2 aromatic heterocycles. The lowest BCUT2D eigenvalue weighted by Gasteiger charge is -2.11. The largest absolute Gasteiger partial charge is 0.461 e. The van der Waals surface area contributed by atoms with Gasteiger partial charge in [0.05, 0.1) is 22.1 Å². The third-order valence-corrected chi connectivity index (χ3v) is 3.94. The van der Waals surface area contributed by atoms with Gasteiger partial charge in [0.2, 0.25) is 0 Å². The molecule has 2 aromatic rings. The molecule has 0 aliphatic rings. The third kappa shape index (κ3) is 3.29. The van der Waals surface area contributed by atoms with E-state index in [4.69, 9.17) is 9.15 Å². The minimum absolute atomic E-state index is 0.453. The molecule has 2 heterocycles. The van der Waals surface area contributed by atoms with Gasteiger partial charge < -0.3 is 14.5 Å². The molecule has 2 rings (SSSR count). The number of anilines is 1. The molecule has 0 unspecified atom stereocenters. The van der Waals surface area contributed by atoms with Crippen molar-refractivity contribution in [3.63, 3.8) is 0 Å². The highest BCUT2D eigenvalue weighted by molar-refractivity contribution is 14.1. The number of aryl methyl sites for hydroxylation is 1. The number of furan rings is 1. The predicted molar refractivity (Wildman–Crippen MR) is 86.7 cm³/mol. The summed E-state index contributed by atoms with van der Waals surface area (Å²) in [5, 5.41) is 3.33. The monoisotopic (exact) mass is 387 g/mol. The predicted octanol–water partition coefficient (Wildman–Crippen LogP) is 3.62. The summed E-state index contributed by atoms with van der Waals surface area (Å²) in [6, 6.07) is 1.91. The SMILES string of the molecule is CCCNc1nc(-c2occc2C)nc(COC)c1I. The molecule has 0 spiro atoms. The van der Waals surface area contributed by atoms with E-state index >= 15 is 0 Å². The van der Waals surface area contributed by atoms with Crippen LogP contribution in [0, 0.1) is 10.5 Å². The second-order valence-electron chi connectivity index (χ2n) is 4.45. The van der Waals surface area contributed by atoms with E-state index in [0.717, 1.165) is 33.6 Å². The van der Waals surface area contributed by atoms with Crippen LogP contribution in [0.3, 0.4) is 0 Å². The summed E-state index contributed by atoms with van der Waals surface area (Å²) < 4.78 is 11.7. The molecular formula is C14H18IN3O2. The van der Waals surface area contributed by atoms with Crippen molar-refractivity contribution >= 4 is 28.4 Å². The Bertz CT molecular complexity index is 584. The number of hydrogen-bond acceptors (Lipinski definition) is 5. The van der Waals surface area contributed by atoms with Gasteiger partial charge in [-0.3, -0.25) is 0 Å². The highest BCUT2D eigenvalue weighted by atomic mass is 127. The first-order valence-corrected chi connectivity index (χ1v) is 7.59. The molecule has 0 aliphatic carbocycles. The summed E-state index contributed by atoms with van der Waals surface area (Å²) in [6.07, 6.45) is 2.69. The number of hydrogen-bond donors (Lipinski definition) is 1. The van der Waals surface area contributed by atoms with Crippen LogP contribution < -0.4 is 5.32 Å². The van der Waals surface area contributed by atoms with Gasteiger partial charge in [-0.2, -0.15) is 0 Å². The maximum absolute atomic E-state index is 5.49. The van der Waals surface area contributed by atoms with Crippen molar-refractivity contribution in [2.24, 2.45) is 0 Å². The summed E-state index contributed by atoms with van der Waals surface area (Å²) >= 11 is 2.25. The summed E-state index contributed by atoms with van der Waals surface area (Å²) in [6.45, 7) is 5.42. The molecule has 0 aromatic carbocycles. The third-order valence-electron chi connectivity index (χ3n) is 2.81. The standard InChI is InChI=1S/C14H18IN3O2/c1-4-6-16-13-11(15)10(8-19-3)17-14(18-13)12-9(2)5-7-20-12/h5,7H,4,6,8H2,1-3H3,(H,16,17,18). The van der Waals surface area contributed by atoms with E-state index in [1.165, 1.54) is 0 Å². The molecule has 0 amide bonds. The van der Waals surface area contributed by atoms with Gasteiger partial charge in [-0.1, -0.05) is 6.92 Å². The highest BCUT2D eigenvalue weighted by Crippen LogP contribution is 2.26. The van der Waals surface area contributed by atoms with Crippen molar-refractivity contribution in [2.75, 3.05) is 19.0 Å². The quantitative estimate of drug-likeness (QED) is 0.768. The van der Waals surface area contributed by atoms with Crippen LogP contribution in [0.25, 0.3) is 11.6 Å². The van der Waals surface area contributed by atoms with E-state index in [9.17, 15) is 0 Å². The molecule has 108 valence electrons. The average Bonchev–Trinajstić information content (AvgIpc) is 2.86. The molecule has 20 heavy (non-hydrogen) atoms. The number of aromatic nitrogens is 2. The number of nitrogens with one attached hydrogen (secondary N) is 1. The van der Waals surface area contributed by atoms with Crippen LogP contribution in [0.1, 0.15) is 24.6 Å². The minimum atomic E-state index is 0.453. The maximum atomic E-state index is 5.49. The Morgan fingerprint density at radius 2 is 2.20 bits per heavy atom. The highest BCUT2D eigenvalue weighted by Gasteiger charge is 2.16. The number of halogens is 1.